The van der Waals surface area contributed by atoms with Gasteiger partial charge in [-0.1, -0.05) is 23.2 Å². The topological polar surface area (TPSA) is 37.8 Å². The molecule has 1 aromatic heterocycles. The van der Waals surface area contributed by atoms with Gasteiger partial charge in [0.15, 0.2) is 0 Å². The molecule has 1 heterocycles. The van der Waals surface area contributed by atoms with E-state index in [1.54, 1.807) is 12.1 Å². The zero-order valence-electron chi connectivity index (χ0n) is 8.62. The zero-order chi connectivity index (χ0) is 12.3. The van der Waals surface area contributed by atoms with Crippen LogP contribution in [0.1, 0.15) is 5.69 Å². The summed E-state index contributed by atoms with van der Waals surface area (Å²) in [6, 6.07) is 4.43. The Morgan fingerprint density at radius 1 is 1.18 bits per heavy atom. The minimum Gasteiger partial charge on any atom is -0.377 e. The molecule has 0 amide bonds. The summed E-state index contributed by atoms with van der Waals surface area (Å²) < 4.78 is 13.4. The molecular formula is C11H8Cl2FN3. The lowest BCUT2D eigenvalue weighted by molar-refractivity contribution is 0.630. The largest absolute Gasteiger partial charge is 0.377 e. The van der Waals surface area contributed by atoms with Crippen molar-refractivity contribution < 1.29 is 4.39 Å². The zero-order valence-corrected chi connectivity index (χ0v) is 10.1. The first-order chi connectivity index (χ1) is 8.15. The number of halogens is 3. The highest BCUT2D eigenvalue weighted by Crippen LogP contribution is 2.19. The fourth-order valence-electron chi connectivity index (χ4n) is 1.25. The van der Waals surface area contributed by atoms with Crippen molar-refractivity contribution in [3.05, 3.63) is 52.3 Å². The second kappa shape index (κ2) is 5.29. The van der Waals surface area contributed by atoms with E-state index in [1.165, 1.54) is 18.5 Å². The second-order valence-electron chi connectivity index (χ2n) is 3.31. The third-order valence-corrected chi connectivity index (χ3v) is 2.50. The fraction of sp³-hybridized carbons (Fsp3) is 0.0909. The Balaban J connectivity index is 2.04. The molecule has 0 aliphatic rings. The average Bonchev–Trinajstić information content (AvgIpc) is 2.30. The van der Waals surface area contributed by atoms with E-state index in [9.17, 15) is 4.39 Å². The van der Waals surface area contributed by atoms with Crippen LogP contribution in [0.3, 0.4) is 0 Å². The number of nitrogens with one attached hydrogen (secondary N) is 1. The van der Waals surface area contributed by atoms with Crippen LogP contribution < -0.4 is 5.32 Å². The lowest BCUT2D eigenvalue weighted by Crippen LogP contribution is -2.03. The molecule has 0 bridgehead atoms. The van der Waals surface area contributed by atoms with E-state index in [4.69, 9.17) is 23.2 Å². The number of aromatic nitrogens is 2. The summed E-state index contributed by atoms with van der Waals surface area (Å²) in [6.07, 6.45) is 2.97. The lowest BCUT2D eigenvalue weighted by atomic mass is 10.3. The van der Waals surface area contributed by atoms with Crippen molar-refractivity contribution in [3.8, 4) is 0 Å². The normalized spacial score (nSPS) is 10.3. The minimum absolute atomic E-state index is 0.325. The lowest BCUT2D eigenvalue weighted by Gasteiger charge is -2.06. The van der Waals surface area contributed by atoms with Crippen LogP contribution in [0.25, 0.3) is 0 Å². The van der Waals surface area contributed by atoms with Gasteiger partial charge in [0.1, 0.15) is 11.0 Å². The van der Waals surface area contributed by atoms with Gasteiger partial charge in [0.05, 0.1) is 30.3 Å². The molecule has 0 saturated carbocycles. The van der Waals surface area contributed by atoms with Crippen molar-refractivity contribution in [2.24, 2.45) is 0 Å². The maximum atomic E-state index is 13.4. The van der Waals surface area contributed by atoms with E-state index in [0.717, 1.165) is 0 Å². The van der Waals surface area contributed by atoms with Gasteiger partial charge in [-0.25, -0.2) is 9.37 Å². The van der Waals surface area contributed by atoms with Crippen LogP contribution in [0.5, 0.6) is 0 Å². The first kappa shape index (κ1) is 12.1. The molecule has 0 saturated heterocycles. The fourth-order valence-corrected chi connectivity index (χ4v) is 1.51. The maximum absolute atomic E-state index is 13.4. The predicted octanol–water partition coefficient (Wildman–Crippen LogP) is 3.53. The van der Waals surface area contributed by atoms with Gasteiger partial charge in [0.2, 0.25) is 0 Å². The van der Waals surface area contributed by atoms with Gasteiger partial charge in [0.25, 0.3) is 0 Å². The van der Waals surface area contributed by atoms with Gasteiger partial charge in [-0.15, -0.1) is 0 Å². The highest BCUT2D eigenvalue weighted by atomic mass is 35.5. The molecule has 0 radical (unpaired) electrons. The Kier molecular flexibility index (Phi) is 3.76. The summed E-state index contributed by atoms with van der Waals surface area (Å²) in [7, 11) is 0. The number of hydrogen-bond donors (Lipinski definition) is 1. The van der Waals surface area contributed by atoms with E-state index in [1.807, 2.05) is 0 Å². The molecule has 0 aliphatic carbocycles. The number of hydrogen-bond acceptors (Lipinski definition) is 3. The molecule has 6 heteroatoms. The van der Waals surface area contributed by atoms with Gasteiger partial charge in [-0.05, 0) is 18.2 Å². The Morgan fingerprint density at radius 3 is 2.65 bits per heavy atom. The second-order valence-corrected chi connectivity index (χ2v) is 4.13. The van der Waals surface area contributed by atoms with Crippen LogP contribution in [0.4, 0.5) is 10.1 Å². The molecule has 0 fully saturated rings. The van der Waals surface area contributed by atoms with Crippen LogP contribution in [0.15, 0.2) is 30.6 Å². The molecule has 3 nitrogen and oxygen atoms in total. The number of rotatable bonds is 3. The summed E-state index contributed by atoms with van der Waals surface area (Å²) in [5.41, 5.74) is 1.04. The monoisotopic (exact) mass is 271 g/mol. The first-order valence-electron chi connectivity index (χ1n) is 4.80. The summed E-state index contributed by atoms with van der Waals surface area (Å²) >= 11 is 11.2. The van der Waals surface area contributed by atoms with E-state index in [0.29, 0.717) is 28.1 Å². The predicted molar refractivity (Wildman–Crippen MR) is 65.8 cm³/mol. The van der Waals surface area contributed by atoms with Crippen molar-refractivity contribution in [1.82, 2.24) is 9.97 Å². The number of nitrogens with zero attached hydrogens (tertiary/aromatic N) is 2. The van der Waals surface area contributed by atoms with Crippen LogP contribution >= 0.6 is 23.2 Å². The van der Waals surface area contributed by atoms with Crippen molar-refractivity contribution in [1.29, 1.82) is 0 Å². The number of benzene rings is 1. The molecule has 2 aromatic rings. The van der Waals surface area contributed by atoms with Crippen LogP contribution in [0.2, 0.25) is 10.2 Å². The van der Waals surface area contributed by atoms with Crippen molar-refractivity contribution in [2.75, 3.05) is 5.32 Å². The smallest absolute Gasteiger partial charge is 0.147 e. The highest BCUT2D eigenvalue weighted by Gasteiger charge is 2.03. The summed E-state index contributed by atoms with van der Waals surface area (Å²) in [6.45, 7) is 0.364. The molecule has 88 valence electrons. The Morgan fingerprint density at radius 2 is 2.00 bits per heavy atom. The van der Waals surface area contributed by atoms with E-state index in [2.05, 4.69) is 15.3 Å². The summed E-state index contributed by atoms with van der Waals surface area (Å²) in [5.74, 6) is -0.403. The molecule has 1 N–H and O–H groups in total. The molecular weight excluding hydrogens is 264 g/mol. The van der Waals surface area contributed by atoms with Crippen LogP contribution in [-0.2, 0) is 6.54 Å². The SMILES string of the molecule is Fc1cc(Cl)ccc1NCc1cnc(Cl)cn1. The average molecular weight is 272 g/mol. The third-order valence-electron chi connectivity index (χ3n) is 2.06. The van der Waals surface area contributed by atoms with Gasteiger partial charge >= 0.3 is 0 Å². The molecule has 0 spiro atoms. The number of anilines is 1. The molecule has 1 aromatic carbocycles. The Hall–Kier alpha value is -1.39. The van der Waals surface area contributed by atoms with Gasteiger partial charge in [-0.3, -0.25) is 4.98 Å². The minimum atomic E-state index is -0.403. The third kappa shape index (κ3) is 3.28. The molecule has 17 heavy (non-hydrogen) atoms. The Bertz CT molecular complexity index is 517. The van der Waals surface area contributed by atoms with Gasteiger partial charge in [-0.2, -0.15) is 0 Å². The summed E-state index contributed by atoms with van der Waals surface area (Å²) in [5, 5.41) is 3.58. The molecule has 2 rings (SSSR count). The van der Waals surface area contributed by atoms with Crippen LogP contribution in [-0.4, -0.2) is 9.97 Å². The standard InChI is InChI=1S/C11H8Cl2FN3/c12-7-1-2-10(9(14)3-7)16-4-8-5-17-11(13)6-15-8/h1-3,5-6,16H,4H2. The van der Waals surface area contributed by atoms with Crippen molar-refractivity contribution >= 4 is 28.9 Å². The Labute approximate surface area is 108 Å². The quantitative estimate of drug-likeness (QED) is 0.928. The van der Waals surface area contributed by atoms with Crippen molar-refractivity contribution in [3.63, 3.8) is 0 Å². The van der Waals surface area contributed by atoms with Crippen molar-refractivity contribution in [2.45, 2.75) is 6.54 Å². The van der Waals surface area contributed by atoms with Crippen LogP contribution in [0, 0.1) is 5.82 Å². The van der Waals surface area contributed by atoms with Gasteiger partial charge in [0, 0.05) is 5.02 Å². The molecule has 0 atom stereocenters. The van der Waals surface area contributed by atoms with E-state index >= 15 is 0 Å². The summed E-state index contributed by atoms with van der Waals surface area (Å²) in [4.78, 5) is 7.91. The highest BCUT2D eigenvalue weighted by molar-refractivity contribution is 6.30. The molecule has 0 unspecified atom stereocenters. The van der Waals surface area contributed by atoms with E-state index in [-0.39, 0.29) is 0 Å². The van der Waals surface area contributed by atoms with Gasteiger partial charge < -0.3 is 5.32 Å². The molecule has 0 aliphatic heterocycles. The first-order valence-corrected chi connectivity index (χ1v) is 5.56. The van der Waals surface area contributed by atoms with E-state index < -0.39 is 5.82 Å². The maximum Gasteiger partial charge on any atom is 0.147 e.